The van der Waals surface area contributed by atoms with Crippen LogP contribution in [-0.4, -0.2) is 42.1 Å². The van der Waals surface area contributed by atoms with Crippen LogP contribution in [0.15, 0.2) is 39.7 Å². The molecule has 30 heavy (non-hydrogen) atoms. The third-order valence-electron chi connectivity index (χ3n) is 5.61. The van der Waals surface area contributed by atoms with Crippen molar-refractivity contribution in [2.75, 3.05) is 26.2 Å². The lowest BCUT2D eigenvalue weighted by molar-refractivity contribution is 0.0601. The summed E-state index contributed by atoms with van der Waals surface area (Å²) < 4.78 is 5.58. The lowest BCUT2D eigenvalue weighted by Crippen LogP contribution is -2.44. The molecule has 6 nitrogen and oxygen atoms in total. The number of nitrogens with zero attached hydrogens (tertiary/aromatic N) is 2. The number of benzene rings is 1. The van der Waals surface area contributed by atoms with Crippen LogP contribution >= 0.6 is 0 Å². The van der Waals surface area contributed by atoms with Gasteiger partial charge >= 0.3 is 0 Å². The molecule has 1 atom stereocenters. The van der Waals surface area contributed by atoms with E-state index in [0.717, 1.165) is 30.2 Å². The van der Waals surface area contributed by atoms with Crippen molar-refractivity contribution in [3.05, 3.63) is 58.5 Å². The second-order valence-electron chi connectivity index (χ2n) is 8.45. The number of rotatable bonds is 8. The first-order chi connectivity index (χ1) is 14.4. The average Bonchev–Trinajstić information content (AvgIpc) is 3.34. The molecule has 2 aromatic rings. The molecule has 1 unspecified atom stereocenters. The highest BCUT2D eigenvalue weighted by atomic mass is 16.3. The molecule has 6 heteroatoms. The van der Waals surface area contributed by atoms with Crippen LogP contribution in [0.4, 0.5) is 0 Å². The first-order valence-corrected chi connectivity index (χ1v) is 11.0. The third kappa shape index (κ3) is 6.09. The molecular formula is C24H36N4O2. The summed E-state index contributed by atoms with van der Waals surface area (Å²) in [7, 11) is 0. The summed E-state index contributed by atoms with van der Waals surface area (Å²) in [6, 6.07) is 10.6. The number of hydrogen-bond acceptors (Lipinski definition) is 4. The number of aryl methyl sites for hydroxylation is 2. The normalized spacial score (nSPS) is 17.2. The monoisotopic (exact) mass is 412 g/mol. The molecule has 3 N–H and O–H groups in total. The first-order valence-electron chi connectivity index (χ1n) is 11.0. The maximum Gasteiger partial charge on any atom is 0.191 e. The fraction of sp³-hybridized carbons (Fsp3) is 0.542. The van der Waals surface area contributed by atoms with E-state index in [4.69, 9.17) is 9.41 Å². The third-order valence-corrected chi connectivity index (χ3v) is 5.61. The number of guanidine groups is 1. The van der Waals surface area contributed by atoms with Crippen LogP contribution in [-0.2, 0) is 18.7 Å². The molecule has 1 saturated heterocycles. The van der Waals surface area contributed by atoms with E-state index in [1.54, 1.807) is 6.92 Å². The fourth-order valence-corrected chi connectivity index (χ4v) is 3.98. The zero-order chi connectivity index (χ0) is 21.6. The van der Waals surface area contributed by atoms with Gasteiger partial charge in [-0.3, -0.25) is 4.90 Å². The van der Waals surface area contributed by atoms with Gasteiger partial charge in [-0.15, -0.1) is 0 Å². The highest BCUT2D eigenvalue weighted by Gasteiger charge is 2.27. The summed E-state index contributed by atoms with van der Waals surface area (Å²) in [5.41, 5.74) is 2.29. The molecule has 1 fully saturated rings. The van der Waals surface area contributed by atoms with E-state index in [0.29, 0.717) is 19.0 Å². The van der Waals surface area contributed by atoms with Gasteiger partial charge in [0.2, 0.25) is 0 Å². The van der Waals surface area contributed by atoms with Gasteiger partial charge in [-0.25, -0.2) is 4.99 Å². The summed E-state index contributed by atoms with van der Waals surface area (Å²) in [5, 5.41) is 17.4. The average molecular weight is 413 g/mol. The van der Waals surface area contributed by atoms with Crippen molar-refractivity contribution >= 4 is 5.96 Å². The van der Waals surface area contributed by atoms with E-state index >= 15 is 0 Å². The molecule has 1 aromatic heterocycles. The van der Waals surface area contributed by atoms with Crippen molar-refractivity contribution in [3.63, 3.8) is 0 Å². The van der Waals surface area contributed by atoms with Gasteiger partial charge in [0, 0.05) is 18.7 Å². The lowest BCUT2D eigenvalue weighted by Gasteiger charge is -2.24. The Morgan fingerprint density at radius 1 is 1.13 bits per heavy atom. The first kappa shape index (κ1) is 22.4. The van der Waals surface area contributed by atoms with E-state index in [1.807, 2.05) is 26.8 Å². The van der Waals surface area contributed by atoms with E-state index in [9.17, 15) is 5.11 Å². The maximum absolute atomic E-state index is 10.9. The molecule has 1 aliphatic heterocycles. The van der Waals surface area contributed by atoms with Crippen LogP contribution in [0.5, 0.6) is 0 Å². The zero-order valence-electron chi connectivity index (χ0n) is 18.8. The summed E-state index contributed by atoms with van der Waals surface area (Å²) in [5.74, 6) is 2.24. The van der Waals surface area contributed by atoms with Crippen molar-refractivity contribution in [1.82, 2.24) is 15.5 Å². The van der Waals surface area contributed by atoms with Gasteiger partial charge in [0.05, 0.1) is 13.1 Å². The Morgan fingerprint density at radius 2 is 1.80 bits per heavy atom. The number of hydrogen-bond donors (Lipinski definition) is 3. The molecule has 2 heterocycles. The quantitative estimate of drug-likeness (QED) is 0.457. The zero-order valence-corrected chi connectivity index (χ0v) is 18.8. The number of aliphatic imine (C=N–C) groups is 1. The molecule has 3 rings (SSSR count). The van der Waals surface area contributed by atoms with Crippen LogP contribution in [0.3, 0.4) is 0 Å². The predicted molar refractivity (Wildman–Crippen MR) is 122 cm³/mol. The van der Waals surface area contributed by atoms with Crippen LogP contribution in [0.2, 0.25) is 0 Å². The van der Waals surface area contributed by atoms with E-state index in [1.165, 1.54) is 37.1 Å². The van der Waals surface area contributed by atoms with Crippen LogP contribution in [0, 0.1) is 13.8 Å². The Morgan fingerprint density at radius 3 is 2.40 bits per heavy atom. The fourth-order valence-electron chi connectivity index (χ4n) is 3.98. The largest absolute Gasteiger partial charge is 0.466 e. The Hall–Kier alpha value is -2.31. The molecule has 164 valence electrons. The van der Waals surface area contributed by atoms with Crippen LogP contribution in [0.1, 0.15) is 54.9 Å². The molecule has 0 aliphatic carbocycles. The molecule has 0 spiro atoms. The molecule has 0 amide bonds. The SMILES string of the molecule is CCNC(=NCc1ccc(CN2CCCC2)cc1)NCC(C)(O)c1cc(C)oc1C. The second-order valence-corrected chi connectivity index (χ2v) is 8.45. The lowest BCUT2D eigenvalue weighted by atomic mass is 9.96. The number of nitrogens with one attached hydrogen (secondary N) is 2. The van der Waals surface area contributed by atoms with Gasteiger partial charge in [-0.1, -0.05) is 24.3 Å². The summed E-state index contributed by atoms with van der Waals surface area (Å²) >= 11 is 0. The Balaban J connectivity index is 1.57. The van der Waals surface area contributed by atoms with E-state index in [-0.39, 0.29) is 0 Å². The van der Waals surface area contributed by atoms with Crippen molar-refractivity contribution in [3.8, 4) is 0 Å². The van der Waals surface area contributed by atoms with E-state index in [2.05, 4.69) is 39.8 Å². The van der Waals surface area contributed by atoms with Crippen LogP contribution in [0.25, 0.3) is 0 Å². The van der Waals surface area contributed by atoms with Gasteiger partial charge in [0.15, 0.2) is 5.96 Å². The Labute approximate surface area is 180 Å². The minimum atomic E-state index is -1.05. The summed E-state index contributed by atoms with van der Waals surface area (Å²) in [6.07, 6.45) is 2.64. The van der Waals surface area contributed by atoms with Crippen molar-refractivity contribution in [2.45, 2.75) is 59.2 Å². The van der Waals surface area contributed by atoms with Crippen LogP contribution < -0.4 is 10.6 Å². The Kier molecular flexibility index (Phi) is 7.56. The molecule has 0 bridgehead atoms. The summed E-state index contributed by atoms with van der Waals surface area (Å²) in [6.45, 7) is 12.7. The minimum Gasteiger partial charge on any atom is -0.466 e. The highest BCUT2D eigenvalue weighted by molar-refractivity contribution is 5.79. The molecule has 0 radical (unpaired) electrons. The van der Waals surface area contributed by atoms with Gasteiger partial charge < -0.3 is 20.2 Å². The van der Waals surface area contributed by atoms with Gasteiger partial charge in [0.25, 0.3) is 0 Å². The Bertz CT molecular complexity index is 833. The standard InChI is InChI=1S/C24H36N4O2/c1-5-25-23(27-17-24(4,29)22-14-18(2)30-19(22)3)26-15-20-8-10-21(11-9-20)16-28-12-6-7-13-28/h8-11,14,29H,5-7,12-13,15-17H2,1-4H3,(H2,25,26,27). The molecule has 1 aliphatic rings. The second kappa shape index (κ2) is 10.1. The van der Waals surface area contributed by atoms with Gasteiger partial charge in [-0.2, -0.15) is 0 Å². The highest BCUT2D eigenvalue weighted by Crippen LogP contribution is 2.26. The topological polar surface area (TPSA) is 73.0 Å². The number of furan rings is 1. The van der Waals surface area contributed by atoms with Crippen molar-refractivity contribution < 1.29 is 9.52 Å². The molecular weight excluding hydrogens is 376 g/mol. The molecule has 0 saturated carbocycles. The van der Waals surface area contributed by atoms with Gasteiger partial charge in [-0.05, 0) is 70.8 Å². The maximum atomic E-state index is 10.9. The summed E-state index contributed by atoms with van der Waals surface area (Å²) in [4.78, 5) is 7.20. The number of likely N-dealkylation sites (tertiary alicyclic amines) is 1. The van der Waals surface area contributed by atoms with Crippen molar-refractivity contribution in [2.24, 2.45) is 4.99 Å². The predicted octanol–water partition coefficient (Wildman–Crippen LogP) is 3.46. The van der Waals surface area contributed by atoms with Gasteiger partial charge in [0.1, 0.15) is 17.1 Å². The van der Waals surface area contributed by atoms with E-state index < -0.39 is 5.60 Å². The van der Waals surface area contributed by atoms with Crippen molar-refractivity contribution in [1.29, 1.82) is 0 Å². The number of aliphatic hydroxyl groups is 1. The minimum absolute atomic E-state index is 0.341. The molecule has 1 aromatic carbocycles. The smallest absolute Gasteiger partial charge is 0.191 e.